The summed E-state index contributed by atoms with van der Waals surface area (Å²) >= 11 is 0. The topological polar surface area (TPSA) is 26.3 Å². The van der Waals surface area contributed by atoms with Crippen LogP contribution < -0.4 is 0 Å². The third-order valence-corrected chi connectivity index (χ3v) is 4.20. The second-order valence-corrected chi connectivity index (χ2v) is 6.73. The number of ether oxygens (including phenoxy) is 1. The van der Waals surface area contributed by atoms with Crippen molar-refractivity contribution in [3.63, 3.8) is 0 Å². The maximum Gasteiger partial charge on any atom is 0.165 e. The first-order chi connectivity index (χ1) is 8.40. The Bertz CT molecular complexity index is 257. The fourth-order valence-electron chi connectivity index (χ4n) is 2.99. The van der Waals surface area contributed by atoms with E-state index in [2.05, 4.69) is 27.7 Å². The predicted molar refractivity (Wildman–Crippen MR) is 75.6 cm³/mol. The van der Waals surface area contributed by atoms with Gasteiger partial charge in [0.1, 0.15) is 6.10 Å². The average molecular weight is 254 g/mol. The highest BCUT2D eigenvalue weighted by Gasteiger charge is 2.37. The Morgan fingerprint density at radius 2 is 1.72 bits per heavy atom. The highest BCUT2D eigenvalue weighted by molar-refractivity contribution is 5.86. The Morgan fingerprint density at radius 1 is 1.17 bits per heavy atom. The molecule has 1 rings (SSSR count). The van der Waals surface area contributed by atoms with E-state index < -0.39 is 0 Å². The van der Waals surface area contributed by atoms with E-state index in [4.69, 9.17) is 4.74 Å². The normalized spacial score (nSPS) is 26.9. The number of carbonyl (C=O) groups is 1. The van der Waals surface area contributed by atoms with Crippen molar-refractivity contribution in [2.24, 2.45) is 17.3 Å². The fourth-order valence-corrected chi connectivity index (χ4v) is 2.99. The van der Waals surface area contributed by atoms with Crippen LogP contribution in [0.3, 0.4) is 0 Å². The zero-order valence-corrected chi connectivity index (χ0v) is 12.8. The van der Waals surface area contributed by atoms with Gasteiger partial charge >= 0.3 is 0 Å². The van der Waals surface area contributed by atoms with Crippen LogP contribution in [0.4, 0.5) is 0 Å². The number of hydrogen-bond donors (Lipinski definition) is 0. The van der Waals surface area contributed by atoms with E-state index in [0.717, 1.165) is 18.8 Å². The molecule has 0 heterocycles. The van der Waals surface area contributed by atoms with Crippen LogP contribution in [0.5, 0.6) is 0 Å². The molecule has 0 saturated heterocycles. The first-order valence-electron chi connectivity index (χ1n) is 7.55. The number of ketones is 1. The monoisotopic (exact) mass is 254 g/mol. The van der Waals surface area contributed by atoms with Crippen molar-refractivity contribution in [1.82, 2.24) is 0 Å². The Hall–Kier alpha value is -0.370. The first-order valence-corrected chi connectivity index (χ1v) is 7.55. The molecule has 2 heteroatoms. The van der Waals surface area contributed by atoms with Gasteiger partial charge in [0, 0.05) is 12.5 Å². The third-order valence-electron chi connectivity index (χ3n) is 4.20. The molecule has 1 atom stereocenters. The molecule has 0 bridgehead atoms. The Labute approximate surface area is 112 Å². The van der Waals surface area contributed by atoms with Crippen molar-refractivity contribution in [3.05, 3.63) is 0 Å². The minimum Gasteiger partial charge on any atom is -0.370 e. The van der Waals surface area contributed by atoms with Gasteiger partial charge in [-0.15, -0.1) is 0 Å². The van der Waals surface area contributed by atoms with Crippen LogP contribution in [0.25, 0.3) is 0 Å². The molecule has 0 spiro atoms. The van der Waals surface area contributed by atoms with Gasteiger partial charge in [-0.05, 0) is 43.9 Å². The van der Waals surface area contributed by atoms with Crippen LogP contribution >= 0.6 is 0 Å². The van der Waals surface area contributed by atoms with E-state index in [0.29, 0.717) is 12.4 Å². The molecule has 1 aliphatic rings. The SMILES string of the molecule is CCOC(C(=O)C1CCC(CC)CC1)C(C)(C)C. The molecule has 106 valence electrons. The van der Waals surface area contributed by atoms with Gasteiger partial charge in [-0.3, -0.25) is 4.79 Å². The smallest absolute Gasteiger partial charge is 0.165 e. The molecule has 0 radical (unpaired) electrons. The second-order valence-electron chi connectivity index (χ2n) is 6.73. The summed E-state index contributed by atoms with van der Waals surface area (Å²) in [5.74, 6) is 1.43. The Balaban J connectivity index is 2.62. The largest absolute Gasteiger partial charge is 0.370 e. The van der Waals surface area contributed by atoms with Gasteiger partial charge in [0.25, 0.3) is 0 Å². The standard InChI is InChI=1S/C16H30O2/c1-6-12-8-10-13(11-9-12)14(17)15(18-7-2)16(3,4)5/h12-13,15H,6-11H2,1-5H3. The van der Waals surface area contributed by atoms with Crippen molar-refractivity contribution < 1.29 is 9.53 Å². The molecule has 1 unspecified atom stereocenters. The summed E-state index contributed by atoms with van der Waals surface area (Å²) in [4.78, 5) is 12.6. The Kier molecular flexibility index (Phi) is 5.84. The summed E-state index contributed by atoms with van der Waals surface area (Å²) in [5.41, 5.74) is -0.0886. The molecular formula is C16H30O2. The fraction of sp³-hybridized carbons (Fsp3) is 0.938. The molecule has 0 aliphatic heterocycles. The van der Waals surface area contributed by atoms with E-state index in [9.17, 15) is 4.79 Å². The predicted octanol–water partition coefficient (Wildman–Crippen LogP) is 4.22. The van der Waals surface area contributed by atoms with E-state index in [1.165, 1.54) is 19.3 Å². The van der Waals surface area contributed by atoms with Crippen LogP contribution in [0.1, 0.15) is 66.7 Å². The molecule has 1 aliphatic carbocycles. The molecule has 1 fully saturated rings. The molecule has 1 saturated carbocycles. The summed E-state index contributed by atoms with van der Waals surface area (Å²) < 4.78 is 5.73. The molecule has 0 amide bonds. The van der Waals surface area contributed by atoms with Crippen LogP contribution in [-0.2, 0) is 9.53 Å². The van der Waals surface area contributed by atoms with Crippen LogP contribution in [0, 0.1) is 17.3 Å². The lowest BCUT2D eigenvalue weighted by Gasteiger charge is -2.34. The molecule has 2 nitrogen and oxygen atoms in total. The minimum absolute atomic E-state index is 0.0886. The van der Waals surface area contributed by atoms with Crippen molar-refractivity contribution in [2.75, 3.05) is 6.61 Å². The van der Waals surface area contributed by atoms with Crippen molar-refractivity contribution >= 4 is 5.78 Å². The van der Waals surface area contributed by atoms with Gasteiger partial charge in [-0.2, -0.15) is 0 Å². The van der Waals surface area contributed by atoms with E-state index >= 15 is 0 Å². The maximum atomic E-state index is 12.6. The van der Waals surface area contributed by atoms with Crippen LogP contribution in [-0.4, -0.2) is 18.5 Å². The van der Waals surface area contributed by atoms with Gasteiger partial charge in [-0.25, -0.2) is 0 Å². The lowest BCUT2D eigenvalue weighted by molar-refractivity contribution is -0.142. The molecule has 0 aromatic carbocycles. The summed E-state index contributed by atoms with van der Waals surface area (Å²) in [7, 11) is 0. The lowest BCUT2D eigenvalue weighted by atomic mass is 9.74. The Morgan fingerprint density at radius 3 is 2.11 bits per heavy atom. The zero-order chi connectivity index (χ0) is 13.8. The minimum atomic E-state index is -0.231. The highest BCUT2D eigenvalue weighted by atomic mass is 16.5. The summed E-state index contributed by atoms with van der Waals surface area (Å²) in [5, 5.41) is 0. The number of carbonyl (C=O) groups excluding carboxylic acids is 1. The van der Waals surface area contributed by atoms with Gasteiger partial charge in [0.15, 0.2) is 5.78 Å². The molecule has 0 aromatic rings. The van der Waals surface area contributed by atoms with Gasteiger partial charge in [0.05, 0.1) is 0 Å². The van der Waals surface area contributed by atoms with Crippen LogP contribution in [0.15, 0.2) is 0 Å². The number of Topliss-reactive ketones (excluding diaryl/α,β-unsaturated/α-hetero) is 1. The van der Waals surface area contributed by atoms with Gasteiger partial charge in [-0.1, -0.05) is 34.1 Å². The van der Waals surface area contributed by atoms with Crippen molar-refractivity contribution in [2.45, 2.75) is 72.8 Å². The van der Waals surface area contributed by atoms with Crippen molar-refractivity contribution in [1.29, 1.82) is 0 Å². The second kappa shape index (κ2) is 6.70. The van der Waals surface area contributed by atoms with Gasteiger partial charge < -0.3 is 4.74 Å². The third kappa shape index (κ3) is 4.08. The zero-order valence-electron chi connectivity index (χ0n) is 12.8. The van der Waals surface area contributed by atoms with E-state index in [-0.39, 0.29) is 17.4 Å². The highest BCUT2D eigenvalue weighted by Crippen LogP contribution is 2.34. The van der Waals surface area contributed by atoms with Crippen molar-refractivity contribution in [3.8, 4) is 0 Å². The van der Waals surface area contributed by atoms with Crippen LogP contribution in [0.2, 0.25) is 0 Å². The van der Waals surface area contributed by atoms with Gasteiger partial charge in [0.2, 0.25) is 0 Å². The molecule has 18 heavy (non-hydrogen) atoms. The quantitative estimate of drug-likeness (QED) is 0.734. The average Bonchev–Trinajstić information content (AvgIpc) is 2.34. The molecule has 0 aromatic heterocycles. The summed E-state index contributed by atoms with van der Waals surface area (Å²) in [6.07, 6.45) is 5.60. The summed E-state index contributed by atoms with van der Waals surface area (Å²) in [6.45, 7) is 11.2. The number of hydrogen-bond acceptors (Lipinski definition) is 2. The number of rotatable bonds is 5. The lowest BCUT2D eigenvalue weighted by Crippen LogP contribution is -2.41. The molecular weight excluding hydrogens is 224 g/mol. The van der Waals surface area contributed by atoms with E-state index in [1.807, 2.05) is 6.92 Å². The molecule has 0 N–H and O–H groups in total. The van der Waals surface area contributed by atoms with E-state index in [1.54, 1.807) is 0 Å². The first kappa shape index (κ1) is 15.7. The summed E-state index contributed by atoms with van der Waals surface area (Å²) in [6, 6.07) is 0. The maximum absolute atomic E-state index is 12.6.